The van der Waals surface area contributed by atoms with Gasteiger partial charge in [-0.3, -0.25) is 4.68 Å². The van der Waals surface area contributed by atoms with Gasteiger partial charge in [0, 0.05) is 38.4 Å². The van der Waals surface area contributed by atoms with E-state index < -0.39 is 10.0 Å². The van der Waals surface area contributed by atoms with E-state index in [0.29, 0.717) is 32.6 Å². The van der Waals surface area contributed by atoms with Crippen LogP contribution < -0.4 is 0 Å². The molecule has 0 radical (unpaired) electrons. The van der Waals surface area contributed by atoms with Crippen molar-refractivity contribution in [2.75, 3.05) is 18.8 Å². The molecule has 0 saturated carbocycles. The highest BCUT2D eigenvalue weighted by molar-refractivity contribution is 7.89. The maximum Gasteiger partial charge on any atom is 0.213 e. The summed E-state index contributed by atoms with van der Waals surface area (Å²) in [4.78, 5) is 0. The van der Waals surface area contributed by atoms with Crippen molar-refractivity contribution in [1.82, 2.24) is 28.9 Å². The van der Waals surface area contributed by atoms with Gasteiger partial charge in [0.05, 0.1) is 5.75 Å². The van der Waals surface area contributed by atoms with Gasteiger partial charge in [-0.2, -0.15) is 9.40 Å². The van der Waals surface area contributed by atoms with Crippen molar-refractivity contribution < 1.29 is 8.42 Å². The number of aromatic nitrogens is 5. The predicted octanol–water partition coefficient (Wildman–Crippen LogP) is -0.269. The molecule has 0 aromatic carbocycles. The number of sulfonamides is 1. The van der Waals surface area contributed by atoms with Gasteiger partial charge in [0.25, 0.3) is 0 Å². The van der Waals surface area contributed by atoms with Crippen molar-refractivity contribution in [2.24, 2.45) is 0 Å². The van der Waals surface area contributed by atoms with Crippen LogP contribution in [0.3, 0.4) is 0 Å². The lowest BCUT2D eigenvalue weighted by atomic mass is 10.4. The minimum absolute atomic E-state index is 0.133. The second kappa shape index (κ2) is 5.57. The predicted molar refractivity (Wildman–Crippen MR) is 76.1 cm³/mol. The fraction of sp³-hybridized carbons (Fsp3) is 0.583. The Kier molecular flexibility index (Phi) is 3.77. The Balaban J connectivity index is 1.80. The van der Waals surface area contributed by atoms with Gasteiger partial charge in [-0.05, 0) is 13.0 Å². The average molecular weight is 310 g/mol. The van der Waals surface area contributed by atoms with Gasteiger partial charge in [-0.25, -0.2) is 8.42 Å². The van der Waals surface area contributed by atoms with Crippen LogP contribution in [0.25, 0.3) is 0 Å². The van der Waals surface area contributed by atoms with E-state index in [-0.39, 0.29) is 5.75 Å². The Labute approximate surface area is 123 Å². The lowest BCUT2D eigenvalue weighted by molar-refractivity contribution is 0.412. The fourth-order valence-electron chi connectivity index (χ4n) is 2.48. The summed E-state index contributed by atoms with van der Waals surface area (Å²) in [5.41, 5.74) is 0. The van der Waals surface area contributed by atoms with Crippen molar-refractivity contribution in [3.63, 3.8) is 0 Å². The van der Waals surface area contributed by atoms with Gasteiger partial charge in [0.15, 0.2) is 5.82 Å². The van der Waals surface area contributed by atoms with Crippen molar-refractivity contribution in [3.8, 4) is 0 Å². The maximum atomic E-state index is 12.0. The molecular weight excluding hydrogens is 292 g/mol. The third-order valence-corrected chi connectivity index (χ3v) is 5.56. The molecule has 3 rings (SSSR count). The molecule has 2 aromatic rings. The number of hydrogen-bond donors (Lipinski definition) is 0. The highest BCUT2D eigenvalue weighted by atomic mass is 32.2. The van der Waals surface area contributed by atoms with Crippen LogP contribution in [-0.2, 0) is 29.5 Å². The summed E-state index contributed by atoms with van der Waals surface area (Å²) in [6, 6.07) is 1.86. The van der Waals surface area contributed by atoms with Crippen LogP contribution in [0.15, 0.2) is 18.5 Å². The standard InChI is InChI=1S/C12H18N6O2S/c1-2-21(19,20)17-7-4-11-14-15-12(18(11)9-8-17)10-16-6-3-5-13-16/h3,5-6H,2,4,7-10H2,1H3. The summed E-state index contributed by atoms with van der Waals surface area (Å²) >= 11 is 0. The first kappa shape index (κ1) is 14.2. The monoisotopic (exact) mass is 310 g/mol. The topological polar surface area (TPSA) is 85.9 Å². The Morgan fingerprint density at radius 1 is 1.24 bits per heavy atom. The largest absolute Gasteiger partial charge is 0.312 e. The maximum absolute atomic E-state index is 12.0. The Morgan fingerprint density at radius 3 is 2.81 bits per heavy atom. The van der Waals surface area contributed by atoms with Gasteiger partial charge in [-0.1, -0.05) is 0 Å². The molecule has 1 aliphatic heterocycles. The highest BCUT2D eigenvalue weighted by Gasteiger charge is 2.25. The molecule has 0 amide bonds. The zero-order valence-electron chi connectivity index (χ0n) is 11.9. The van der Waals surface area contributed by atoms with E-state index in [9.17, 15) is 8.42 Å². The molecule has 114 valence electrons. The van der Waals surface area contributed by atoms with E-state index in [1.165, 1.54) is 0 Å². The van der Waals surface area contributed by atoms with Gasteiger partial charge >= 0.3 is 0 Å². The zero-order chi connectivity index (χ0) is 14.9. The van der Waals surface area contributed by atoms with Crippen LogP contribution >= 0.6 is 0 Å². The number of hydrogen-bond acceptors (Lipinski definition) is 5. The molecule has 21 heavy (non-hydrogen) atoms. The molecule has 2 aromatic heterocycles. The van der Waals surface area contributed by atoms with E-state index in [4.69, 9.17) is 0 Å². The summed E-state index contributed by atoms with van der Waals surface area (Å²) < 4.78 is 29.3. The second-order valence-corrected chi connectivity index (χ2v) is 7.19. The fourth-order valence-corrected chi connectivity index (χ4v) is 3.57. The first-order valence-electron chi connectivity index (χ1n) is 6.96. The smallest absolute Gasteiger partial charge is 0.213 e. The SMILES string of the molecule is CCS(=O)(=O)N1CCc2nnc(Cn3cccn3)n2CC1. The first-order chi connectivity index (χ1) is 10.1. The summed E-state index contributed by atoms with van der Waals surface area (Å²) in [5.74, 6) is 1.78. The van der Waals surface area contributed by atoms with E-state index >= 15 is 0 Å². The van der Waals surface area contributed by atoms with Gasteiger partial charge in [-0.15, -0.1) is 10.2 Å². The minimum atomic E-state index is -3.15. The molecule has 0 spiro atoms. The molecule has 0 unspecified atom stereocenters. The van der Waals surface area contributed by atoms with Crippen LogP contribution in [0.4, 0.5) is 0 Å². The summed E-state index contributed by atoms with van der Waals surface area (Å²) in [6.07, 6.45) is 4.17. The molecule has 0 fully saturated rings. The molecular formula is C12H18N6O2S. The van der Waals surface area contributed by atoms with E-state index in [0.717, 1.165) is 11.6 Å². The molecule has 0 saturated heterocycles. The van der Waals surface area contributed by atoms with E-state index in [2.05, 4.69) is 15.3 Å². The summed E-state index contributed by atoms with van der Waals surface area (Å²) in [6.45, 7) is 3.73. The Bertz CT molecular complexity index is 706. The number of nitrogens with zero attached hydrogens (tertiary/aromatic N) is 6. The number of fused-ring (bicyclic) bond motifs is 1. The summed E-state index contributed by atoms with van der Waals surface area (Å²) in [5, 5.41) is 12.6. The lowest BCUT2D eigenvalue weighted by Crippen LogP contribution is -2.34. The van der Waals surface area contributed by atoms with Crippen molar-refractivity contribution >= 4 is 10.0 Å². The second-order valence-electron chi connectivity index (χ2n) is 4.94. The Morgan fingerprint density at radius 2 is 2.10 bits per heavy atom. The Hall–Kier alpha value is -1.74. The molecule has 1 aliphatic rings. The normalized spacial score (nSPS) is 16.6. The first-order valence-corrected chi connectivity index (χ1v) is 8.57. The molecule has 3 heterocycles. The lowest BCUT2D eigenvalue weighted by Gasteiger charge is -2.18. The van der Waals surface area contributed by atoms with Crippen LogP contribution in [0.1, 0.15) is 18.6 Å². The third-order valence-electron chi connectivity index (χ3n) is 3.68. The van der Waals surface area contributed by atoms with Crippen LogP contribution in [-0.4, -0.2) is 56.1 Å². The van der Waals surface area contributed by atoms with Crippen molar-refractivity contribution in [1.29, 1.82) is 0 Å². The van der Waals surface area contributed by atoms with Crippen LogP contribution in [0.5, 0.6) is 0 Å². The zero-order valence-corrected chi connectivity index (χ0v) is 12.7. The quantitative estimate of drug-likeness (QED) is 0.776. The van der Waals surface area contributed by atoms with Gasteiger partial charge < -0.3 is 4.57 Å². The highest BCUT2D eigenvalue weighted by Crippen LogP contribution is 2.13. The molecule has 9 heteroatoms. The van der Waals surface area contributed by atoms with Crippen LogP contribution in [0.2, 0.25) is 0 Å². The molecule has 0 atom stereocenters. The van der Waals surface area contributed by atoms with Crippen molar-refractivity contribution in [3.05, 3.63) is 30.1 Å². The molecule has 0 bridgehead atoms. The van der Waals surface area contributed by atoms with Crippen LogP contribution in [0, 0.1) is 0 Å². The molecule has 0 aliphatic carbocycles. The van der Waals surface area contributed by atoms with E-state index in [1.54, 1.807) is 22.1 Å². The average Bonchev–Trinajstić information content (AvgIpc) is 3.05. The third kappa shape index (κ3) is 2.84. The summed E-state index contributed by atoms with van der Waals surface area (Å²) in [7, 11) is -3.15. The van der Waals surface area contributed by atoms with Gasteiger partial charge in [0.1, 0.15) is 12.4 Å². The minimum Gasteiger partial charge on any atom is -0.312 e. The van der Waals surface area contributed by atoms with E-state index in [1.807, 2.05) is 16.8 Å². The number of rotatable bonds is 4. The molecule has 0 N–H and O–H groups in total. The molecule has 8 nitrogen and oxygen atoms in total. The van der Waals surface area contributed by atoms with Crippen molar-refractivity contribution in [2.45, 2.75) is 26.4 Å². The van der Waals surface area contributed by atoms with Gasteiger partial charge in [0.2, 0.25) is 10.0 Å².